The highest BCUT2D eigenvalue weighted by atomic mass is 19.1. The molecule has 0 radical (unpaired) electrons. The second-order valence-electron chi connectivity index (χ2n) is 4.10. The van der Waals surface area contributed by atoms with E-state index in [1.807, 2.05) is 0 Å². The van der Waals surface area contributed by atoms with Gasteiger partial charge in [-0.3, -0.25) is 0 Å². The number of carbonyl (C=O) groups excluding carboxylic acids is 1. The van der Waals surface area contributed by atoms with Crippen LogP contribution < -0.4 is 0 Å². The number of hydrogen-bond donors (Lipinski definition) is 1. The molecule has 19 heavy (non-hydrogen) atoms. The average molecular weight is 265 g/mol. The van der Waals surface area contributed by atoms with Crippen molar-refractivity contribution in [2.75, 3.05) is 13.2 Å². The van der Waals surface area contributed by atoms with Gasteiger partial charge in [0.05, 0.1) is 6.54 Å². The lowest BCUT2D eigenvalue weighted by Gasteiger charge is -2.13. The second kappa shape index (κ2) is 5.51. The summed E-state index contributed by atoms with van der Waals surface area (Å²) in [4.78, 5) is 23.2. The smallest absolute Gasteiger partial charge is 0.410 e. The minimum absolute atomic E-state index is 0.241. The van der Waals surface area contributed by atoms with Crippen LogP contribution in [0.2, 0.25) is 0 Å². The number of nitrogens with zero attached hydrogens (tertiary/aromatic N) is 1. The summed E-state index contributed by atoms with van der Waals surface area (Å²) in [7, 11) is 0. The Bertz CT molecular complexity index is 541. The van der Waals surface area contributed by atoms with Crippen LogP contribution in [-0.2, 0) is 16.1 Å². The average Bonchev–Trinajstić information content (AvgIpc) is 2.72. The molecule has 0 unspecified atom stereocenters. The fourth-order valence-corrected chi connectivity index (χ4v) is 1.82. The Balaban J connectivity index is 2.16. The molecule has 1 heterocycles. The normalized spacial score (nSPS) is 15.0. The molecule has 2 rings (SSSR count). The van der Waals surface area contributed by atoms with Crippen molar-refractivity contribution in [2.45, 2.75) is 6.54 Å². The third kappa shape index (κ3) is 3.54. The first-order valence-electron chi connectivity index (χ1n) is 5.67. The third-order valence-corrected chi connectivity index (χ3v) is 2.62. The molecule has 1 amide bonds. The highest BCUT2D eigenvalue weighted by Crippen LogP contribution is 2.15. The van der Waals surface area contributed by atoms with Crippen LogP contribution in [0.15, 0.2) is 24.3 Å². The van der Waals surface area contributed by atoms with Gasteiger partial charge in [-0.1, -0.05) is 0 Å². The van der Waals surface area contributed by atoms with Crippen molar-refractivity contribution in [2.24, 2.45) is 0 Å². The van der Waals surface area contributed by atoms with Crippen LogP contribution in [0.4, 0.5) is 9.18 Å². The van der Waals surface area contributed by atoms with Crippen molar-refractivity contribution < 1.29 is 23.8 Å². The number of benzene rings is 1. The number of hydrogen-bond acceptors (Lipinski definition) is 3. The maximum absolute atomic E-state index is 13.4. The molecule has 0 aromatic heterocycles. The molecule has 100 valence electrons. The van der Waals surface area contributed by atoms with E-state index in [0.717, 1.165) is 6.08 Å². The lowest BCUT2D eigenvalue weighted by molar-refractivity contribution is -0.131. The minimum atomic E-state index is -1.10. The Morgan fingerprint density at radius 2 is 2.26 bits per heavy atom. The lowest BCUT2D eigenvalue weighted by atomic mass is 10.1. The topological polar surface area (TPSA) is 66.8 Å². The third-order valence-electron chi connectivity index (χ3n) is 2.62. The van der Waals surface area contributed by atoms with Crippen molar-refractivity contribution in [1.82, 2.24) is 4.90 Å². The molecule has 0 saturated carbocycles. The number of carboxylic acid groups (broad SMARTS) is 1. The summed E-state index contributed by atoms with van der Waals surface area (Å²) >= 11 is 0. The molecule has 5 nitrogen and oxygen atoms in total. The van der Waals surface area contributed by atoms with Crippen LogP contribution in [0.25, 0.3) is 6.08 Å². The molecule has 1 fully saturated rings. The van der Waals surface area contributed by atoms with E-state index in [-0.39, 0.29) is 6.54 Å². The van der Waals surface area contributed by atoms with Gasteiger partial charge < -0.3 is 14.7 Å². The predicted molar refractivity (Wildman–Crippen MR) is 64.8 cm³/mol. The molecule has 0 aliphatic carbocycles. The first kappa shape index (κ1) is 13.1. The number of ether oxygens (including phenoxy) is 1. The Kier molecular flexibility index (Phi) is 3.79. The maximum atomic E-state index is 13.4. The zero-order valence-electron chi connectivity index (χ0n) is 10.0. The number of amides is 1. The van der Waals surface area contributed by atoms with Crippen LogP contribution in [-0.4, -0.2) is 35.2 Å². The first-order valence-corrected chi connectivity index (χ1v) is 5.67. The number of carboxylic acids is 1. The van der Waals surface area contributed by atoms with Crippen molar-refractivity contribution in [1.29, 1.82) is 0 Å². The van der Waals surface area contributed by atoms with E-state index >= 15 is 0 Å². The van der Waals surface area contributed by atoms with Crippen LogP contribution in [0.3, 0.4) is 0 Å². The van der Waals surface area contributed by atoms with Gasteiger partial charge in [0.25, 0.3) is 0 Å². The Morgan fingerprint density at radius 3 is 2.89 bits per heavy atom. The molecule has 6 heteroatoms. The molecule has 0 bridgehead atoms. The first-order chi connectivity index (χ1) is 9.04. The second-order valence-corrected chi connectivity index (χ2v) is 4.10. The van der Waals surface area contributed by atoms with Crippen molar-refractivity contribution in [3.05, 3.63) is 41.2 Å². The summed E-state index contributed by atoms with van der Waals surface area (Å²) in [5, 5.41) is 8.53. The number of aliphatic carboxylic acids is 1. The molecule has 1 N–H and O–H groups in total. The Morgan fingerprint density at radius 1 is 1.47 bits per heavy atom. The van der Waals surface area contributed by atoms with E-state index in [2.05, 4.69) is 0 Å². The van der Waals surface area contributed by atoms with Gasteiger partial charge in [0.15, 0.2) is 0 Å². The van der Waals surface area contributed by atoms with Gasteiger partial charge in [-0.15, -0.1) is 0 Å². The van der Waals surface area contributed by atoms with Crippen LogP contribution in [0.1, 0.15) is 11.1 Å². The van der Waals surface area contributed by atoms with Gasteiger partial charge in [0.2, 0.25) is 0 Å². The fourth-order valence-electron chi connectivity index (χ4n) is 1.82. The van der Waals surface area contributed by atoms with E-state index in [9.17, 15) is 14.0 Å². The number of carbonyl (C=O) groups is 2. The minimum Gasteiger partial charge on any atom is -0.478 e. The van der Waals surface area contributed by atoms with Crippen molar-refractivity contribution in [3.8, 4) is 0 Å². The summed E-state index contributed by atoms with van der Waals surface area (Å²) in [5.74, 6) is -1.58. The van der Waals surface area contributed by atoms with Crippen LogP contribution in [0.5, 0.6) is 0 Å². The van der Waals surface area contributed by atoms with Crippen molar-refractivity contribution in [3.63, 3.8) is 0 Å². The Hall–Kier alpha value is -2.37. The van der Waals surface area contributed by atoms with E-state index < -0.39 is 17.9 Å². The summed E-state index contributed by atoms with van der Waals surface area (Å²) in [6, 6.07) is 4.17. The number of halogens is 1. The van der Waals surface area contributed by atoms with Crippen LogP contribution >= 0.6 is 0 Å². The van der Waals surface area contributed by atoms with Gasteiger partial charge in [0.1, 0.15) is 12.4 Å². The van der Waals surface area contributed by atoms with Crippen LogP contribution in [0, 0.1) is 5.82 Å². The molecule has 1 saturated heterocycles. The Labute approximate surface area is 108 Å². The van der Waals surface area contributed by atoms with Gasteiger partial charge in [-0.2, -0.15) is 0 Å². The van der Waals surface area contributed by atoms with E-state index in [1.165, 1.54) is 23.1 Å². The molecule has 0 atom stereocenters. The monoisotopic (exact) mass is 265 g/mol. The fraction of sp³-hybridized carbons (Fsp3) is 0.231. The lowest BCUT2D eigenvalue weighted by Crippen LogP contribution is -2.23. The quantitative estimate of drug-likeness (QED) is 0.844. The molecule has 1 aromatic rings. The predicted octanol–water partition coefficient (Wildman–Crippen LogP) is 1.88. The molecular weight excluding hydrogens is 253 g/mol. The highest BCUT2D eigenvalue weighted by molar-refractivity contribution is 5.85. The van der Waals surface area contributed by atoms with Gasteiger partial charge in [-0.05, 0) is 35.4 Å². The molecule has 1 aromatic carbocycles. The highest BCUT2D eigenvalue weighted by Gasteiger charge is 2.21. The van der Waals surface area contributed by atoms with E-state index in [1.54, 1.807) is 6.07 Å². The van der Waals surface area contributed by atoms with E-state index in [4.69, 9.17) is 9.84 Å². The maximum Gasteiger partial charge on any atom is 0.410 e. The summed E-state index contributed by atoms with van der Waals surface area (Å²) in [6.45, 7) is 1.04. The zero-order chi connectivity index (χ0) is 13.8. The van der Waals surface area contributed by atoms with Gasteiger partial charge in [-0.25, -0.2) is 14.0 Å². The van der Waals surface area contributed by atoms with Gasteiger partial charge in [0, 0.05) is 12.6 Å². The number of rotatable bonds is 4. The van der Waals surface area contributed by atoms with Gasteiger partial charge >= 0.3 is 12.1 Å². The van der Waals surface area contributed by atoms with E-state index in [0.29, 0.717) is 24.3 Å². The largest absolute Gasteiger partial charge is 0.478 e. The summed E-state index contributed by atoms with van der Waals surface area (Å²) in [6.07, 6.45) is 1.81. The molecule has 1 aliphatic heterocycles. The molecule has 1 aliphatic rings. The summed E-state index contributed by atoms with van der Waals surface area (Å²) < 4.78 is 18.2. The van der Waals surface area contributed by atoms with Crippen molar-refractivity contribution >= 4 is 18.1 Å². The molecule has 0 spiro atoms. The zero-order valence-corrected chi connectivity index (χ0v) is 10.0. The summed E-state index contributed by atoms with van der Waals surface area (Å²) in [5.41, 5.74) is 1.02. The standard InChI is InChI=1S/C13H12FNO4/c14-11-6-9(1-2-12(16)17)5-10(7-11)8-15-3-4-19-13(15)18/h1-2,5-7H,3-4,8H2,(H,16,17). The molecular formula is C13H12FNO4. The number of cyclic esters (lactones) is 1. The SMILES string of the molecule is O=C(O)C=Cc1cc(F)cc(CN2CCOC2=O)c1.